The molecule has 0 saturated heterocycles. The summed E-state index contributed by atoms with van der Waals surface area (Å²) in [6.07, 6.45) is 0.253. The van der Waals surface area contributed by atoms with Crippen molar-refractivity contribution in [3.8, 4) is 22.7 Å². The van der Waals surface area contributed by atoms with Crippen molar-refractivity contribution < 1.29 is 19.0 Å². The van der Waals surface area contributed by atoms with Crippen molar-refractivity contribution in [2.75, 3.05) is 7.11 Å². The molecule has 0 saturated carbocycles. The van der Waals surface area contributed by atoms with Crippen LogP contribution in [0.5, 0.6) is 5.75 Å². The van der Waals surface area contributed by atoms with Crippen molar-refractivity contribution >= 4 is 5.97 Å². The van der Waals surface area contributed by atoms with Crippen LogP contribution in [0.25, 0.3) is 16.9 Å². The molecule has 128 valence electrons. The number of aliphatic carboxylic acids is 1. The van der Waals surface area contributed by atoms with Crippen LogP contribution in [0.2, 0.25) is 0 Å². The number of methoxy groups -OCH3 is 1. The van der Waals surface area contributed by atoms with E-state index in [1.54, 1.807) is 19.2 Å². The van der Waals surface area contributed by atoms with Gasteiger partial charge in [0, 0.05) is 17.4 Å². The largest absolute Gasteiger partial charge is 0.550 e. The zero-order valence-electron chi connectivity index (χ0n) is 13.7. The molecule has 4 nitrogen and oxygen atoms in total. The third kappa shape index (κ3) is 3.71. The fourth-order valence-corrected chi connectivity index (χ4v) is 2.79. The number of hydrogen-bond acceptors (Lipinski definition) is 3. The normalized spacial score (nSPS) is 10.6. The molecule has 0 spiro atoms. The summed E-state index contributed by atoms with van der Waals surface area (Å²) in [5.74, 6) is -0.670. The topological polar surface area (TPSA) is 54.3 Å². The van der Waals surface area contributed by atoms with Gasteiger partial charge in [0.2, 0.25) is 0 Å². The van der Waals surface area contributed by atoms with Crippen LogP contribution in [0.15, 0.2) is 60.7 Å². The SMILES string of the molecule is COc1ccc(-c2ccc(CCC(=O)[O-])n2-c2ccc(F)cc2)cc1. The van der Waals surface area contributed by atoms with Gasteiger partial charge in [0.1, 0.15) is 11.6 Å². The zero-order valence-corrected chi connectivity index (χ0v) is 13.7. The van der Waals surface area contributed by atoms with E-state index in [-0.39, 0.29) is 12.2 Å². The van der Waals surface area contributed by atoms with Crippen LogP contribution in [0.1, 0.15) is 12.1 Å². The standard InChI is InChI=1S/C20H18FNO3/c1-25-18-10-2-14(3-11-18)19-12-8-17(9-13-20(23)24)22(19)16-6-4-15(21)5-7-16/h2-8,10-12H,9,13H2,1H3,(H,23,24)/p-1. The summed E-state index contributed by atoms with van der Waals surface area (Å²) in [7, 11) is 1.61. The maximum Gasteiger partial charge on any atom is 0.123 e. The smallest absolute Gasteiger partial charge is 0.123 e. The molecule has 0 N–H and O–H groups in total. The number of hydrogen-bond donors (Lipinski definition) is 0. The lowest BCUT2D eigenvalue weighted by molar-refractivity contribution is -0.305. The van der Waals surface area contributed by atoms with Gasteiger partial charge in [-0.25, -0.2) is 4.39 Å². The maximum atomic E-state index is 13.3. The maximum absolute atomic E-state index is 13.3. The molecule has 5 heteroatoms. The molecule has 1 heterocycles. The molecule has 2 aromatic carbocycles. The van der Waals surface area contributed by atoms with E-state index in [0.29, 0.717) is 6.42 Å². The highest BCUT2D eigenvalue weighted by Gasteiger charge is 2.12. The van der Waals surface area contributed by atoms with Crippen molar-refractivity contribution in [2.45, 2.75) is 12.8 Å². The number of rotatable bonds is 6. The molecular weight excluding hydrogens is 321 g/mol. The number of carboxylic acids is 1. The van der Waals surface area contributed by atoms with Crippen LogP contribution in [-0.4, -0.2) is 17.6 Å². The number of benzene rings is 2. The zero-order chi connectivity index (χ0) is 17.8. The van der Waals surface area contributed by atoms with Crippen molar-refractivity contribution in [2.24, 2.45) is 0 Å². The summed E-state index contributed by atoms with van der Waals surface area (Å²) in [5.41, 5.74) is 3.43. The molecule has 0 radical (unpaired) electrons. The number of carbonyl (C=O) groups excluding carboxylic acids is 1. The third-order valence-corrected chi connectivity index (χ3v) is 4.02. The first-order valence-corrected chi connectivity index (χ1v) is 7.89. The summed E-state index contributed by atoms with van der Waals surface area (Å²) >= 11 is 0. The molecular formula is C20H17FNO3-. The Balaban J connectivity index is 2.07. The van der Waals surface area contributed by atoms with Crippen LogP contribution in [0.4, 0.5) is 4.39 Å². The van der Waals surface area contributed by atoms with Crippen LogP contribution in [0, 0.1) is 5.82 Å². The van der Waals surface area contributed by atoms with Crippen LogP contribution in [-0.2, 0) is 11.2 Å². The molecule has 0 bridgehead atoms. The Labute approximate surface area is 145 Å². The molecule has 3 aromatic rings. The van der Waals surface area contributed by atoms with Gasteiger partial charge in [0.25, 0.3) is 0 Å². The van der Waals surface area contributed by atoms with E-state index in [9.17, 15) is 14.3 Å². The molecule has 1 aromatic heterocycles. The van der Waals surface area contributed by atoms with E-state index < -0.39 is 5.97 Å². The fraction of sp³-hybridized carbons (Fsp3) is 0.150. The number of aromatic nitrogens is 1. The van der Waals surface area contributed by atoms with E-state index in [4.69, 9.17) is 4.74 Å². The number of ether oxygens (including phenoxy) is 1. The second-order valence-electron chi connectivity index (χ2n) is 5.62. The Hall–Kier alpha value is -3.08. The highest BCUT2D eigenvalue weighted by atomic mass is 19.1. The van der Waals surface area contributed by atoms with Crippen molar-refractivity contribution in [3.05, 3.63) is 72.2 Å². The van der Waals surface area contributed by atoms with Gasteiger partial charge < -0.3 is 19.2 Å². The van der Waals surface area contributed by atoms with Crippen molar-refractivity contribution in [1.82, 2.24) is 4.57 Å². The van der Waals surface area contributed by atoms with E-state index in [1.807, 2.05) is 41.0 Å². The number of carbonyl (C=O) groups is 1. The lowest BCUT2D eigenvalue weighted by atomic mass is 10.1. The highest BCUT2D eigenvalue weighted by molar-refractivity contribution is 5.67. The Bertz CT molecular complexity index is 867. The Morgan fingerprint density at radius 2 is 1.72 bits per heavy atom. The fourth-order valence-electron chi connectivity index (χ4n) is 2.79. The van der Waals surface area contributed by atoms with Crippen LogP contribution < -0.4 is 9.84 Å². The van der Waals surface area contributed by atoms with Gasteiger partial charge >= 0.3 is 0 Å². The molecule has 0 aliphatic heterocycles. The minimum atomic E-state index is -1.10. The molecule has 0 aliphatic carbocycles. The molecule has 3 rings (SSSR count). The molecule has 0 atom stereocenters. The minimum absolute atomic E-state index is 0.0761. The van der Waals surface area contributed by atoms with Crippen LogP contribution >= 0.6 is 0 Å². The molecule has 0 aliphatic rings. The summed E-state index contributed by atoms with van der Waals surface area (Å²) in [5, 5.41) is 10.8. The quantitative estimate of drug-likeness (QED) is 0.694. The van der Waals surface area contributed by atoms with Crippen molar-refractivity contribution in [3.63, 3.8) is 0 Å². The summed E-state index contributed by atoms with van der Waals surface area (Å²) in [6.45, 7) is 0. The van der Waals surface area contributed by atoms with E-state index >= 15 is 0 Å². The van der Waals surface area contributed by atoms with Crippen molar-refractivity contribution in [1.29, 1.82) is 0 Å². The van der Waals surface area contributed by atoms with Gasteiger partial charge in [0.05, 0.1) is 12.8 Å². The first-order valence-electron chi connectivity index (χ1n) is 7.89. The minimum Gasteiger partial charge on any atom is -0.550 e. The number of halogens is 1. The predicted molar refractivity (Wildman–Crippen MR) is 91.0 cm³/mol. The second-order valence-corrected chi connectivity index (χ2v) is 5.62. The van der Waals surface area contributed by atoms with Gasteiger partial charge in [0.15, 0.2) is 0 Å². The van der Waals surface area contributed by atoms with E-state index in [2.05, 4.69) is 0 Å². The lowest BCUT2D eigenvalue weighted by Crippen LogP contribution is -2.22. The van der Waals surface area contributed by atoms with Gasteiger partial charge in [-0.05, 0) is 79.1 Å². The number of aryl methyl sites for hydroxylation is 1. The Kier molecular flexibility index (Phi) is 4.84. The number of carboxylic acid groups (broad SMARTS) is 1. The molecule has 0 unspecified atom stereocenters. The predicted octanol–water partition coefficient (Wildman–Crippen LogP) is 2.97. The first kappa shape index (κ1) is 16.8. The molecule has 0 fully saturated rings. The van der Waals surface area contributed by atoms with E-state index in [0.717, 1.165) is 28.4 Å². The van der Waals surface area contributed by atoms with Gasteiger partial charge in [-0.15, -0.1) is 0 Å². The Morgan fingerprint density at radius 1 is 1.04 bits per heavy atom. The summed E-state index contributed by atoms with van der Waals surface area (Å²) in [4.78, 5) is 10.8. The average molecular weight is 338 g/mol. The van der Waals surface area contributed by atoms with Gasteiger partial charge in [-0.1, -0.05) is 0 Å². The number of nitrogens with zero attached hydrogens (tertiary/aromatic N) is 1. The highest BCUT2D eigenvalue weighted by Crippen LogP contribution is 2.29. The molecule has 25 heavy (non-hydrogen) atoms. The van der Waals surface area contributed by atoms with Crippen LogP contribution in [0.3, 0.4) is 0 Å². The second kappa shape index (κ2) is 7.21. The third-order valence-electron chi connectivity index (χ3n) is 4.02. The average Bonchev–Trinajstić information content (AvgIpc) is 3.04. The Morgan fingerprint density at radius 3 is 2.32 bits per heavy atom. The van der Waals surface area contributed by atoms with E-state index in [1.165, 1.54) is 12.1 Å². The summed E-state index contributed by atoms with van der Waals surface area (Å²) in [6, 6.07) is 17.5. The van der Waals surface area contributed by atoms with Gasteiger partial charge in [-0.2, -0.15) is 0 Å². The summed E-state index contributed by atoms with van der Waals surface area (Å²) < 4.78 is 20.4. The lowest BCUT2D eigenvalue weighted by Gasteiger charge is -2.15. The monoisotopic (exact) mass is 338 g/mol. The molecule has 0 amide bonds. The first-order chi connectivity index (χ1) is 12.1. The van der Waals surface area contributed by atoms with Gasteiger partial charge in [-0.3, -0.25) is 0 Å².